The maximum Gasteiger partial charge on any atom is 0.102 e. The molecular weight excluding hydrogens is 258 g/mol. The fourth-order valence-corrected chi connectivity index (χ4v) is 2.89. The van der Waals surface area contributed by atoms with Gasteiger partial charge in [-0.25, -0.2) is 0 Å². The smallest absolute Gasteiger partial charge is 0.102 e. The molecule has 2 unspecified atom stereocenters. The van der Waals surface area contributed by atoms with Crippen molar-refractivity contribution in [3.8, 4) is 0 Å². The molecule has 0 aromatic heterocycles. The predicted molar refractivity (Wildman–Crippen MR) is 88.5 cm³/mol. The van der Waals surface area contributed by atoms with Gasteiger partial charge in [-0.15, -0.1) is 0 Å². The van der Waals surface area contributed by atoms with Gasteiger partial charge in [0.2, 0.25) is 0 Å². The first kappa shape index (κ1) is 15.7. The van der Waals surface area contributed by atoms with E-state index >= 15 is 0 Å². The number of ether oxygens (including phenoxy) is 1. The maximum absolute atomic E-state index is 6.05. The molecule has 2 heteroatoms. The molecule has 1 N–H and O–H groups in total. The van der Waals surface area contributed by atoms with Gasteiger partial charge in [0.25, 0.3) is 0 Å². The fourth-order valence-electron chi connectivity index (χ4n) is 2.89. The van der Waals surface area contributed by atoms with Gasteiger partial charge < -0.3 is 10.1 Å². The first-order valence-corrected chi connectivity index (χ1v) is 7.57. The van der Waals surface area contributed by atoms with Crippen LogP contribution in [0.2, 0.25) is 0 Å². The maximum atomic E-state index is 6.05. The summed E-state index contributed by atoms with van der Waals surface area (Å²) in [6.45, 7) is 7.02. The summed E-state index contributed by atoms with van der Waals surface area (Å²) < 4.78 is 6.05. The van der Waals surface area contributed by atoms with E-state index in [-0.39, 0.29) is 12.1 Å². The van der Waals surface area contributed by atoms with Crippen LogP contribution in [0.25, 0.3) is 0 Å². The summed E-state index contributed by atoms with van der Waals surface area (Å²) in [5, 5.41) is 3.43. The van der Waals surface area contributed by atoms with E-state index in [2.05, 4.69) is 61.6 Å². The lowest BCUT2D eigenvalue weighted by Gasteiger charge is -2.28. The van der Waals surface area contributed by atoms with E-state index in [1.54, 1.807) is 0 Å². The number of hydrogen-bond donors (Lipinski definition) is 1. The molecule has 112 valence electrons. The van der Waals surface area contributed by atoms with Crippen molar-refractivity contribution in [3.63, 3.8) is 0 Å². The van der Waals surface area contributed by atoms with Gasteiger partial charge in [-0.2, -0.15) is 0 Å². The Morgan fingerprint density at radius 1 is 0.952 bits per heavy atom. The number of rotatable bonds is 6. The molecule has 0 radical (unpaired) electrons. The van der Waals surface area contributed by atoms with E-state index in [0.717, 1.165) is 0 Å². The Morgan fingerprint density at radius 3 is 2.10 bits per heavy atom. The number of likely N-dealkylation sites (N-methyl/N-ethyl adjacent to an activating group) is 1. The molecule has 0 saturated carbocycles. The molecular formula is C19H25NO. The van der Waals surface area contributed by atoms with Gasteiger partial charge in [0.05, 0.1) is 6.04 Å². The molecule has 21 heavy (non-hydrogen) atoms. The van der Waals surface area contributed by atoms with E-state index in [9.17, 15) is 0 Å². The van der Waals surface area contributed by atoms with E-state index in [1.165, 1.54) is 22.3 Å². The molecule has 0 fully saturated rings. The zero-order valence-corrected chi connectivity index (χ0v) is 13.4. The number of hydrogen-bond acceptors (Lipinski definition) is 2. The lowest BCUT2D eigenvalue weighted by Crippen LogP contribution is -2.26. The Balaban J connectivity index is 2.40. The minimum absolute atomic E-state index is 0.0161. The number of nitrogens with one attached hydrogen (secondary N) is 1. The van der Waals surface area contributed by atoms with Gasteiger partial charge in [-0.05, 0) is 38.9 Å². The molecule has 0 aliphatic heterocycles. The van der Waals surface area contributed by atoms with Crippen LogP contribution < -0.4 is 5.32 Å². The van der Waals surface area contributed by atoms with Gasteiger partial charge in [0.1, 0.15) is 6.10 Å². The molecule has 2 aromatic carbocycles. The molecule has 0 aliphatic carbocycles. The van der Waals surface area contributed by atoms with Crippen LogP contribution in [0.3, 0.4) is 0 Å². The van der Waals surface area contributed by atoms with Crippen LogP contribution in [0.5, 0.6) is 0 Å². The standard InChI is InChI=1S/C19H25NO/c1-5-21-19(16-9-7-6-8-10-16)18(20-4)17-12-14(2)11-15(3)13-17/h6-13,18-20H,5H2,1-4H3. The lowest BCUT2D eigenvalue weighted by molar-refractivity contribution is 0.0347. The summed E-state index contributed by atoms with van der Waals surface area (Å²) in [6.07, 6.45) is 0.0161. The molecule has 0 heterocycles. The minimum Gasteiger partial charge on any atom is -0.372 e. The average Bonchev–Trinajstić information content (AvgIpc) is 2.47. The second-order valence-electron chi connectivity index (χ2n) is 5.47. The molecule has 0 saturated heterocycles. The van der Waals surface area contributed by atoms with Crippen molar-refractivity contribution in [2.45, 2.75) is 32.9 Å². The van der Waals surface area contributed by atoms with Crippen molar-refractivity contribution in [1.29, 1.82) is 0 Å². The zero-order chi connectivity index (χ0) is 15.2. The summed E-state index contributed by atoms with van der Waals surface area (Å²) in [6, 6.07) is 17.3. The third-order valence-corrected chi connectivity index (χ3v) is 3.69. The molecule has 2 aromatic rings. The third kappa shape index (κ3) is 3.93. The summed E-state index contributed by atoms with van der Waals surface area (Å²) in [5.41, 5.74) is 5.05. The van der Waals surface area contributed by atoms with Gasteiger partial charge >= 0.3 is 0 Å². The highest BCUT2D eigenvalue weighted by molar-refractivity contribution is 5.33. The van der Waals surface area contributed by atoms with E-state index in [4.69, 9.17) is 4.74 Å². The largest absolute Gasteiger partial charge is 0.372 e. The highest BCUT2D eigenvalue weighted by atomic mass is 16.5. The molecule has 2 nitrogen and oxygen atoms in total. The van der Waals surface area contributed by atoms with Gasteiger partial charge in [0, 0.05) is 6.61 Å². The van der Waals surface area contributed by atoms with Crippen molar-refractivity contribution >= 4 is 0 Å². The van der Waals surface area contributed by atoms with Gasteiger partial charge in [-0.1, -0.05) is 59.7 Å². The topological polar surface area (TPSA) is 21.3 Å². The summed E-state index contributed by atoms with van der Waals surface area (Å²) in [7, 11) is 2.00. The SMILES string of the molecule is CCOC(c1ccccc1)C(NC)c1cc(C)cc(C)c1. The van der Waals surface area contributed by atoms with Crippen LogP contribution in [0.4, 0.5) is 0 Å². The Kier molecular flexibility index (Phi) is 5.54. The summed E-state index contributed by atoms with van der Waals surface area (Å²) in [4.78, 5) is 0. The Morgan fingerprint density at radius 2 is 1.57 bits per heavy atom. The first-order valence-electron chi connectivity index (χ1n) is 7.57. The minimum atomic E-state index is 0.0161. The summed E-state index contributed by atoms with van der Waals surface area (Å²) >= 11 is 0. The molecule has 0 aliphatic rings. The molecule has 2 atom stereocenters. The van der Waals surface area contributed by atoms with Crippen molar-refractivity contribution in [3.05, 3.63) is 70.8 Å². The second kappa shape index (κ2) is 7.39. The number of aryl methyl sites for hydroxylation is 2. The van der Waals surface area contributed by atoms with Gasteiger partial charge in [-0.3, -0.25) is 0 Å². The van der Waals surface area contributed by atoms with Crippen molar-refractivity contribution in [1.82, 2.24) is 5.32 Å². The highest BCUT2D eigenvalue weighted by Crippen LogP contribution is 2.32. The van der Waals surface area contributed by atoms with Crippen molar-refractivity contribution < 1.29 is 4.74 Å². The van der Waals surface area contributed by atoms with Crippen molar-refractivity contribution in [2.24, 2.45) is 0 Å². The second-order valence-corrected chi connectivity index (χ2v) is 5.47. The lowest BCUT2D eigenvalue weighted by atomic mass is 9.93. The van der Waals surface area contributed by atoms with Crippen molar-refractivity contribution in [2.75, 3.05) is 13.7 Å². The number of benzene rings is 2. The molecule has 2 rings (SSSR count). The molecule has 0 bridgehead atoms. The van der Waals surface area contributed by atoms with Crippen LogP contribution in [-0.4, -0.2) is 13.7 Å². The molecule has 0 spiro atoms. The van der Waals surface area contributed by atoms with E-state index < -0.39 is 0 Å². The van der Waals surface area contributed by atoms with Crippen LogP contribution in [0.15, 0.2) is 48.5 Å². The average molecular weight is 283 g/mol. The Bertz CT molecular complexity index is 545. The monoisotopic (exact) mass is 283 g/mol. The molecule has 0 amide bonds. The van der Waals surface area contributed by atoms with E-state index in [0.29, 0.717) is 6.61 Å². The van der Waals surface area contributed by atoms with Crippen LogP contribution in [0, 0.1) is 13.8 Å². The van der Waals surface area contributed by atoms with Crippen LogP contribution in [0.1, 0.15) is 41.3 Å². The van der Waals surface area contributed by atoms with Crippen LogP contribution in [-0.2, 0) is 4.74 Å². The fraction of sp³-hybridized carbons (Fsp3) is 0.368. The predicted octanol–water partition coefficient (Wildman–Crippen LogP) is 4.34. The van der Waals surface area contributed by atoms with Crippen LogP contribution >= 0.6 is 0 Å². The normalized spacial score (nSPS) is 13.9. The summed E-state index contributed by atoms with van der Waals surface area (Å²) in [5.74, 6) is 0. The van der Waals surface area contributed by atoms with E-state index in [1.807, 2.05) is 20.0 Å². The zero-order valence-electron chi connectivity index (χ0n) is 13.4. The highest BCUT2D eigenvalue weighted by Gasteiger charge is 2.24. The first-order chi connectivity index (χ1) is 10.2. The Labute approximate surface area is 128 Å². The third-order valence-electron chi connectivity index (χ3n) is 3.69. The van der Waals surface area contributed by atoms with Gasteiger partial charge in [0.15, 0.2) is 0 Å². The quantitative estimate of drug-likeness (QED) is 0.851. The Hall–Kier alpha value is -1.64.